The van der Waals surface area contributed by atoms with Gasteiger partial charge in [-0.3, -0.25) is 14.9 Å². The molecular weight excluding hydrogens is 298 g/mol. The second-order valence-corrected chi connectivity index (χ2v) is 6.51. The van der Waals surface area contributed by atoms with Crippen LogP contribution < -0.4 is 11.1 Å². The minimum Gasteiger partial charge on any atom is -0.369 e. The first-order chi connectivity index (χ1) is 10.8. The number of pyridine rings is 1. The zero-order valence-corrected chi connectivity index (χ0v) is 13.5. The Hall–Kier alpha value is -2.22. The summed E-state index contributed by atoms with van der Waals surface area (Å²) in [5.74, 6) is -0.412. The van der Waals surface area contributed by atoms with Crippen LogP contribution in [0, 0.1) is 15.5 Å². The number of anilines is 1. The monoisotopic (exact) mass is 321 g/mol. The van der Waals surface area contributed by atoms with Crippen molar-refractivity contribution in [2.45, 2.75) is 25.7 Å². The van der Waals surface area contributed by atoms with Gasteiger partial charge in [-0.1, -0.05) is 12.8 Å². The van der Waals surface area contributed by atoms with Crippen molar-refractivity contribution in [3.8, 4) is 0 Å². The van der Waals surface area contributed by atoms with Crippen molar-refractivity contribution in [3.05, 3.63) is 27.9 Å². The first-order valence-corrected chi connectivity index (χ1v) is 7.66. The third-order valence-electron chi connectivity index (χ3n) is 4.30. The van der Waals surface area contributed by atoms with Gasteiger partial charge >= 0.3 is 0 Å². The number of nitrogens with zero attached hydrogens (tertiary/aromatic N) is 3. The summed E-state index contributed by atoms with van der Waals surface area (Å²) in [5.41, 5.74) is 5.27. The molecule has 0 aromatic carbocycles. The van der Waals surface area contributed by atoms with Crippen molar-refractivity contribution in [1.29, 1.82) is 0 Å². The molecular formula is C15H23N5O3. The Labute approximate surface area is 135 Å². The van der Waals surface area contributed by atoms with Crippen molar-refractivity contribution in [1.82, 2.24) is 9.88 Å². The first-order valence-electron chi connectivity index (χ1n) is 7.66. The Morgan fingerprint density at radius 3 is 2.65 bits per heavy atom. The number of nitrogens with two attached hydrogens (primary N) is 1. The number of rotatable bonds is 7. The van der Waals surface area contributed by atoms with Crippen molar-refractivity contribution < 1.29 is 9.72 Å². The molecule has 1 saturated carbocycles. The second-order valence-electron chi connectivity index (χ2n) is 6.51. The van der Waals surface area contributed by atoms with Crippen LogP contribution in [0.2, 0.25) is 0 Å². The van der Waals surface area contributed by atoms with Crippen LogP contribution in [0.4, 0.5) is 11.5 Å². The average Bonchev–Trinajstić information content (AvgIpc) is 2.92. The summed E-state index contributed by atoms with van der Waals surface area (Å²) >= 11 is 0. The Bertz CT molecular complexity index is 597. The van der Waals surface area contributed by atoms with E-state index in [-0.39, 0.29) is 16.7 Å². The van der Waals surface area contributed by atoms with Crippen LogP contribution in [-0.4, -0.2) is 47.9 Å². The number of hydrogen-bond acceptors (Lipinski definition) is 6. The van der Waals surface area contributed by atoms with Crippen LogP contribution in [0.3, 0.4) is 0 Å². The Morgan fingerprint density at radius 1 is 1.48 bits per heavy atom. The van der Waals surface area contributed by atoms with E-state index in [4.69, 9.17) is 5.73 Å². The van der Waals surface area contributed by atoms with E-state index in [2.05, 4.69) is 15.2 Å². The minimum atomic E-state index is -0.725. The molecule has 1 aromatic heterocycles. The van der Waals surface area contributed by atoms with Gasteiger partial charge < -0.3 is 16.0 Å². The molecule has 1 heterocycles. The molecule has 0 bridgehead atoms. The van der Waals surface area contributed by atoms with Crippen molar-refractivity contribution in [2.75, 3.05) is 32.5 Å². The smallest absolute Gasteiger partial charge is 0.288 e. The van der Waals surface area contributed by atoms with Crippen LogP contribution >= 0.6 is 0 Å². The maximum absolute atomic E-state index is 11.6. The maximum atomic E-state index is 11.6. The third kappa shape index (κ3) is 4.16. The fraction of sp³-hybridized carbons (Fsp3) is 0.600. The fourth-order valence-electron chi connectivity index (χ4n) is 3.34. The number of amides is 1. The number of primary amides is 1. The zero-order valence-electron chi connectivity index (χ0n) is 13.5. The number of aromatic nitrogens is 1. The summed E-state index contributed by atoms with van der Waals surface area (Å²) in [6.07, 6.45) is 5.73. The van der Waals surface area contributed by atoms with Gasteiger partial charge in [0.2, 0.25) is 0 Å². The molecule has 0 atom stereocenters. The Morgan fingerprint density at radius 2 is 2.13 bits per heavy atom. The van der Waals surface area contributed by atoms with E-state index in [1.54, 1.807) is 0 Å². The van der Waals surface area contributed by atoms with E-state index in [0.717, 1.165) is 25.6 Å². The van der Waals surface area contributed by atoms with E-state index < -0.39 is 10.8 Å². The summed E-state index contributed by atoms with van der Waals surface area (Å²) in [7, 11) is 4.08. The average molecular weight is 321 g/mol. The quantitative estimate of drug-likeness (QED) is 0.582. The topological polar surface area (TPSA) is 114 Å². The first kappa shape index (κ1) is 17.1. The lowest BCUT2D eigenvalue weighted by Gasteiger charge is -2.32. The number of carbonyl (C=O) groups is 1. The van der Waals surface area contributed by atoms with Gasteiger partial charge in [-0.25, -0.2) is 4.98 Å². The molecule has 126 valence electrons. The number of nitrogens with one attached hydrogen (secondary N) is 1. The van der Waals surface area contributed by atoms with Crippen LogP contribution in [0.1, 0.15) is 36.0 Å². The summed E-state index contributed by atoms with van der Waals surface area (Å²) in [4.78, 5) is 28.0. The molecule has 1 aliphatic carbocycles. The molecule has 0 saturated heterocycles. The molecule has 1 fully saturated rings. The van der Waals surface area contributed by atoms with Gasteiger partial charge in [-0.2, -0.15) is 0 Å². The van der Waals surface area contributed by atoms with E-state index >= 15 is 0 Å². The van der Waals surface area contributed by atoms with E-state index in [1.165, 1.54) is 18.9 Å². The van der Waals surface area contributed by atoms with Gasteiger partial charge in [-0.15, -0.1) is 0 Å². The highest BCUT2D eigenvalue weighted by Crippen LogP contribution is 2.38. The van der Waals surface area contributed by atoms with E-state index in [0.29, 0.717) is 12.4 Å². The molecule has 8 heteroatoms. The predicted molar refractivity (Wildman–Crippen MR) is 87.4 cm³/mol. The van der Waals surface area contributed by atoms with E-state index in [9.17, 15) is 14.9 Å². The standard InChI is InChI=1S/C15H23N5O3/c1-19(2)10-15(5-3-4-6-15)9-18-14-12(13(16)21)7-11(8-17-14)20(22)23/h7-8H,3-6,9-10H2,1-2H3,(H2,16,21)(H,17,18). The van der Waals surface area contributed by atoms with Gasteiger partial charge in [0.1, 0.15) is 12.0 Å². The molecule has 0 spiro atoms. The molecule has 1 aliphatic rings. The zero-order chi connectivity index (χ0) is 17.0. The van der Waals surface area contributed by atoms with Crippen LogP contribution in [-0.2, 0) is 0 Å². The lowest BCUT2D eigenvalue weighted by molar-refractivity contribution is -0.385. The molecule has 1 aromatic rings. The van der Waals surface area contributed by atoms with Gasteiger partial charge in [0.15, 0.2) is 0 Å². The molecule has 1 amide bonds. The largest absolute Gasteiger partial charge is 0.369 e. The second kappa shape index (κ2) is 6.91. The minimum absolute atomic E-state index is 0.0530. The Balaban J connectivity index is 2.18. The van der Waals surface area contributed by atoms with Crippen molar-refractivity contribution in [2.24, 2.45) is 11.1 Å². The molecule has 23 heavy (non-hydrogen) atoms. The van der Waals surface area contributed by atoms with Crippen molar-refractivity contribution in [3.63, 3.8) is 0 Å². The van der Waals surface area contributed by atoms with Crippen LogP contribution in [0.5, 0.6) is 0 Å². The molecule has 8 nitrogen and oxygen atoms in total. The van der Waals surface area contributed by atoms with Crippen molar-refractivity contribution >= 4 is 17.4 Å². The van der Waals surface area contributed by atoms with Gasteiger partial charge in [0.05, 0.1) is 10.5 Å². The summed E-state index contributed by atoms with van der Waals surface area (Å²) < 4.78 is 0. The molecule has 0 unspecified atom stereocenters. The molecule has 0 aliphatic heterocycles. The number of carbonyl (C=O) groups excluding carboxylic acids is 1. The summed E-state index contributed by atoms with van der Waals surface area (Å²) in [5, 5.41) is 14.0. The highest BCUT2D eigenvalue weighted by atomic mass is 16.6. The molecule has 2 rings (SSSR count). The number of nitro groups is 1. The summed E-state index contributed by atoms with van der Waals surface area (Å²) in [6.45, 7) is 1.61. The Kier molecular flexibility index (Phi) is 5.15. The van der Waals surface area contributed by atoms with Gasteiger partial charge in [0, 0.05) is 24.6 Å². The predicted octanol–water partition coefficient (Wildman–Crippen LogP) is 1.62. The van der Waals surface area contributed by atoms with E-state index in [1.807, 2.05) is 14.1 Å². The summed E-state index contributed by atoms with van der Waals surface area (Å²) in [6, 6.07) is 1.17. The SMILES string of the molecule is CN(C)CC1(CNc2ncc([N+](=O)[O-])cc2C(N)=O)CCCC1. The highest BCUT2D eigenvalue weighted by molar-refractivity contribution is 5.98. The fourth-order valence-corrected chi connectivity index (χ4v) is 3.34. The molecule has 3 N–H and O–H groups in total. The van der Waals surface area contributed by atoms with Crippen LogP contribution in [0.25, 0.3) is 0 Å². The number of hydrogen-bond donors (Lipinski definition) is 2. The molecule has 0 radical (unpaired) electrons. The third-order valence-corrected chi connectivity index (χ3v) is 4.30. The lowest BCUT2D eigenvalue weighted by atomic mass is 9.85. The van der Waals surface area contributed by atoms with Crippen LogP contribution in [0.15, 0.2) is 12.3 Å². The highest BCUT2D eigenvalue weighted by Gasteiger charge is 2.34. The van der Waals surface area contributed by atoms with Gasteiger partial charge in [-0.05, 0) is 26.9 Å². The maximum Gasteiger partial charge on any atom is 0.288 e. The lowest BCUT2D eigenvalue weighted by Crippen LogP contribution is -2.37. The normalized spacial score (nSPS) is 16.5. The van der Waals surface area contributed by atoms with Gasteiger partial charge in [0.25, 0.3) is 11.6 Å².